The Kier molecular flexibility index (Phi) is 6.53. The zero-order valence-corrected chi connectivity index (χ0v) is 17.9. The van der Waals surface area contributed by atoms with Crippen LogP contribution in [0.15, 0.2) is 59.4 Å². The van der Waals surface area contributed by atoms with E-state index in [-0.39, 0.29) is 17.3 Å². The number of aromatic nitrogens is 3. The van der Waals surface area contributed by atoms with Crippen molar-refractivity contribution in [3.05, 3.63) is 86.9 Å². The van der Waals surface area contributed by atoms with Crippen LogP contribution in [0.2, 0.25) is 5.02 Å². The number of aryl methyl sites for hydroxylation is 2. The number of hydrogen-bond donors (Lipinski definition) is 2. The fourth-order valence-electron chi connectivity index (χ4n) is 3.25. The standard InChI is InChI=1S/C17H14ClNO.C6H7N5/c1-2-13-11-12-7-6-10-15(18)16(12)17(20)19(13)14-8-4-3-5-9-14;1-3-4(2-7)5(8)11-6(9)10-3/h3-11H,2H2,1H3;1H3,(H4,8,9,10,11). The number of rotatable bonds is 2. The molecule has 0 aliphatic rings. The second kappa shape index (κ2) is 9.28. The van der Waals surface area contributed by atoms with Gasteiger partial charge in [-0.3, -0.25) is 9.36 Å². The molecule has 4 rings (SSSR count). The van der Waals surface area contributed by atoms with Gasteiger partial charge in [0, 0.05) is 11.4 Å². The lowest BCUT2D eigenvalue weighted by atomic mass is 10.1. The molecule has 7 nitrogen and oxygen atoms in total. The van der Waals surface area contributed by atoms with Crippen LogP contribution < -0.4 is 17.0 Å². The van der Waals surface area contributed by atoms with Crippen LogP contribution in [0.3, 0.4) is 0 Å². The Labute approximate surface area is 184 Å². The Balaban J connectivity index is 0.000000210. The van der Waals surface area contributed by atoms with Crippen molar-refractivity contribution >= 4 is 34.1 Å². The topological polar surface area (TPSA) is 124 Å². The van der Waals surface area contributed by atoms with Crippen molar-refractivity contribution in [1.29, 1.82) is 5.26 Å². The highest BCUT2D eigenvalue weighted by Crippen LogP contribution is 2.22. The maximum absolute atomic E-state index is 12.8. The minimum Gasteiger partial charge on any atom is -0.382 e. The normalized spacial score (nSPS) is 10.3. The predicted molar refractivity (Wildman–Crippen MR) is 124 cm³/mol. The van der Waals surface area contributed by atoms with Crippen molar-refractivity contribution in [2.75, 3.05) is 11.5 Å². The van der Waals surface area contributed by atoms with Crippen LogP contribution >= 0.6 is 11.6 Å². The van der Waals surface area contributed by atoms with Crippen molar-refractivity contribution in [1.82, 2.24) is 14.5 Å². The quantitative estimate of drug-likeness (QED) is 0.492. The first kappa shape index (κ1) is 21.8. The van der Waals surface area contributed by atoms with Gasteiger partial charge in [0.05, 0.1) is 16.1 Å². The number of nitrogens with zero attached hydrogens (tertiary/aromatic N) is 4. The second-order valence-corrected chi connectivity index (χ2v) is 7.12. The summed E-state index contributed by atoms with van der Waals surface area (Å²) in [5, 5.41) is 10.5. The van der Waals surface area contributed by atoms with E-state index in [1.54, 1.807) is 17.6 Å². The average molecular weight is 433 g/mol. The Hall–Kier alpha value is -3.89. The molecule has 0 fully saturated rings. The van der Waals surface area contributed by atoms with Gasteiger partial charge in [-0.05, 0) is 43.0 Å². The summed E-state index contributed by atoms with van der Waals surface area (Å²) in [5.41, 5.74) is 13.2. The molecule has 0 bridgehead atoms. The van der Waals surface area contributed by atoms with E-state index < -0.39 is 0 Å². The number of anilines is 2. The molecule has 0 aliphatic carbocycles. The molecule has 4 N–H and O–H groups in total. The van der Waals surface area contributed by atoms with E-state index in [1.165, 1.54) is 0 Å². The molecule has 0 atom stereocenters. The summed E-state index contributed by atoms with van der Waals surface area (Å²) >= 11 is 6.20. The molecule has 0 amide bonds. The largest absolute Gasteiger partial charge is 0.382 e. The lowest BCUT2D eigenvalue weighted by Gasteiger charge is -2.14. The fourth-order valence-corrected chi connectivity index (χ4v) is 3.51. The van der Waals surface area contributed by atoms with Crippen LogP contribution in [0.25, 0.3) is 16.5 Å². The molecule has 8 heteroatoms. The molecular formula is C23H21ClN6O. The van der Waals surface area contributed by atoms with Gasteiger partial charge in [-0.1, -0.05) is 48.9 Å². The van der Waals surface area contributed by atoms with Gasteiger partial charge in [0.15, 0.2) is 0 Å². The monoisotopic (exact) mass is 432 g/mol. The van der Waals surface area contributed by atoms with Crippen molar-refractivity contribution in [3.8, 4) is 11.8 Å². The number of halogens is 1. The molecule has 0 radical (unpaired) electrons. The number of hydrogen-bond acceptors (Lipinski definition) is 6. The number of nitrogen functional groups attached to an aromatic ring is 2. The van der Waals surface area contributed by atoms with E-state index >= 15 is 0 Å². The SMILES string of the molecule is CCc1cc2cccc(Cl)c2c(=O)n1-c1ccccc1.Cc1nc(N)nc(N)c1C#N. The highest BCUT2D eigenvalue weighted by Gasteiger charge is 2.12. The molecule has 0 spiro atoms. The summed E-state index contributed by atoms with van der Waals surface area (Å²) < 4.78 is 1.74. The molecule has 0 saturated carbocycles. The number of nitriles is 1. The van der Waals surface area contributed by atoms with Gasteiger partial charge in [-0.15, -0.1) is 0 Å². The maximum Gasteiger partial charge on any atom is 0.264 e. The van der Waals surface area contributed by atoms with Gasteiger partial charge in [0.25, 0.3) is 5.56 Å². The number of benzene rings is 2. The minimum atomic E-state index is -0.0591. The smallest absolute Gasteiger partial charge is 0.264 e. The lowest BCUT2D eigenvalue weighted by molar-refractivity contribution is 0.889. The van der Waals surface area contributed by atoms with Gasteiger partial charge in [0.1, 0.15) is 17.5 Å². The average Bonchev–Trinajstić information content (AvgIpc) is 2.74. The molecule has 2 aromatic carbocycles. The van der Waals surface area contributed by atoms with Crippen LogP contribution in [0.5, 0.6) is 0 Å². The van der Waals surface area contributed by atoms with Crippen molar-refractivity contribution < 1.29 is 0 Å². The molecule has 31 heavy (non-hydrogen) atoms. The summed E-state index contributed by atoms with van der Waals surface area (Å²) in [6.45, 7) is 3.71. The van der Waals surface area contributed by atoms with Gasteiger partial charge < -0.3 is 11.5 Å². The summed E-state index contributed by atoms with van der Waals surface area (Å²) in [7, 11) is 0. The molecule has 2 heterocycles. The highest BCUT2D eigenvalue weighted by atomic mass is 35.5. The van der Waals surface area contributed by atoms with E-state index in [9.17, 15) is 4.79 Å². The van der Waals surface area contributed by atoms with Crippen LogP contribution in [0, 0.1) is 18.3 Å². The van der Waals surface area contributed by atoms with Crippen molar-refractivity contribution in [3.63, 3.8) is 0 Å². The Morgan fingerprint density at radius 3 is 2.42 bits per heavy atom. The van der Waals surface area contributed by atoms with Crippen LogP contribution in [-0.4, -0.2) is 14.5 Å². The van der Waals surface area contributed by atoms with Crippen LogP contribution in [0.1, 0.15) is 23.9 Å². The predicted octanol–water partition coefficient (Wildman–Crippen LogP) is 4.03. The molecular weight excluding hydrogens is 412 g/mol. The number of fused-ring (bicyclic) bond motifs is 1. The third-order valence-electron chi connectivity index (χ3n) is 4.70. The second-order valence-electron chi connectivity index (χ2n) is 6.71. The zero-order valence-electron chi connectivity index (χ0n) is 17.1. The van der Waals surface area contributed by atoms with Gasteiger partial charge in [0.2, 0.25) is 5.95 Å². The third-order valence-corrected chi connectivity index (χ3v) is 5.01. The molecule has 0 aliphatic heterocycles. The Morgan fingerprint density at radius 1 is 1.10 bits per heavy atom. The molecule has 156 valence electrons. The Bertz CT molecular complexity index is 1320. The molecule has 0 saturated heterocycles. The minimum absolute atomic E-state index is 0.0591. The highest BCUT2D eigenvalue weighted by molar-refractivity contribution is 6.35. The third kappa shape index (κ3) is 4.49. The lowest BCUT2D eigenvalue weighted by Crippen LogP contribution is -2.22. The number of para-hydroxylation sites is 1. The number of pyridine rings is 1. The van der Waals surface area contributed by atoms with Crippen LogP contribution in [0.4, 0.5) is 11.8 Å². The van der Waals surface area contributed by atoms with E-state index in [0.29, 0.717) is 21.7 Å². The van der Waals surface area contributed by atoms with Gasteiger partial charge in [-0.25, -0.2) is 4.98 Å². The van der Waals surface area contributed by atoms with Gasteiger partial charge in [-0.2, -0.15) is 10.2 Å². The van der Waals surface area contributed by atoms with E-state index in [2.05, 4.69) is 9.97 Å². The summed E-state index contributed by atoms with van der Waals surface area (Å²) in [6.07, 6.45) is 0.784. The molecule has 0 unspecified atom stereocenters. The molecule has 2 aromatic heterocycles. The van der Waals surface area contributed by atoms with Crippen molar-refractivity contribution in [2.45, 2.75) is 20.3 Å². The van der Waals surface area contributed by atoms with Crippen molar-refractivity contribution in [2.24, 2.45) is 0 Å². The van der Waals surface area contributed by atoms with E-state index in [1.807, 2.05) is 61.5 Å². The Morgan fingerprint density at radius 2 is 1.81 bits per heavy atom. The van der Waals surface area contributed by atoms with E-state index in [4.69, 9.17) is 28.3 Å². The van der Waals surface area contributed by atoms with E-state index in [0.717, 1.165) is 23.2 Å². The van der Waals surface area contributed by atoms with Crippen LogP contribution in [-0.2, 0) is 6.42 Å². The fraction of sp³-hybridized carbons (Fsp3) is 0.130. The first-order valence-electron chi connectivity index (χ1n) is 9.55. The van der Waals surface area contributed by atoms with Gasteiger partial charge >= 0.3 is 0 Å². The first-order valence-corrected chi connectivity index (χ1v) is 9.93. The maximum atomic E-state index is 12.8. The number of nitrogens with two attached hydrogens (primary N) is 2. The molecule has 4 aromatic rings. The first-order chi connectivity index (χ1) is 14.9. The summed E-state index contributed by atoms with van der Waals surface area (Å²) in [4.78, 5) is 20.2. The summed E-state index contributed by atoms with van der Waals surface area (Å²) in [5.74, 6) is 0.233. The zero-order chi connectivity index (χ0) is 22.5. The summed E-state index contributed by atoms with van der Waals surface area (Å²) in [6, 6.07) is 19.1.